The first-order valence-corrected chi connectivity index (χ1v) is 10.8. The summed E-state index contributed by atoms with van der Waals surface area (Å²) in [5.41, 5.74) is 0.795. The first kappa shape index (κ1) is 21.5. The van der Waals surface area contributed by atoms with Crippen LogP contribution in [0.5, 0.6) is 5.75 Å². The second kappa shape index (κ2) is 11.1. The van der Waals surface area contributed by atoms with Crippen LogP contribution in [0.1, 0.15) is 23.4 Å². The minimum atomic E-state index is -0.372. The molecule has 0 aliphatic carbocycles. The standard InChI is InChI=1S/C21H29FN4O2S/c1-3-23-21(24-14-16-6-7-19(27-2)17(22)13-16)25-15-18(20-5-4-12-29-20)26-8-10-28-11-9-26/h4-7,12-13,18H,3,8-11,14-15H2,1-2H3,(H2,23,24,25). The van der Waals surface area contributed by atoms with Crippen LogP contribution in [0.3, 0.4) is 0 Å². The summed E-state index contributed by atoms with van der Waals surface area (Å²) in [6.07, 6.45) is 0. The minimum absolute atomic E-state index is 0.243. The van der Waals surface area contributed by atoms with Crippen molar-refractivity contribution in [2.75, 3.05) is 46.5 Å². The van der Waals surface area contributed by atoms with Gasteiger partial charge in [-0.05, 0) is 36.1 Å². The highest BCUT2D eigenvalue weighted by atomic mass is 32.1. The highest BCUT2D eigenvalue weighted by Crippen LogP contribution is 2.25. The number of nitrogens with one attached hydrogen (secondary N) is 2. The molecule has 2 N–H and O–H groups in total. The van der Waals surface area contributed by atoms with Crippen molar-refractivity contribution in [3.05, 3.63) is 52.0 Å². The largest absolute Gasteiger partial charge is 0.494 e. The van der Waals surface area contributed by atoms with Crippen molar-refractivity contribution < 1.29 is 13.9 Å². The zero-order valence-electron chi connectivity index (χ0n) is 17.0. The van der Waals surface area contributed by atoms with Crippen LogP contribution in [0.4, 0.5) is 4.39 Å². The lowest BCUT2D eigenvalue weighted by atomic mass is 10.2. The molecule has 1 aromatic heterocycles. The van der Waals surface area contributed by atoms with E-state index in [1.54, 1.807) is 17.4 Å². The summed E-state index contributed by atoms with van der Waals surface area (Å²) >= 11 is 1.77. The second-order valence-electron chi connectivity index (χ2n) is 6.72. The van der Waals surface area contributed by atoms with Gasteiger partial charge >= 0.3 is 0 Å². The number of hydrogen-bond acceptors (Lipinski definition) is 5. The van der Waals surface area contributed by atoms with Crippen molar-refractivity contribution in [3.8, 4) is 5.75 Å². The Balaban J connectivity index is 1.66. The maximum absolute atomic E-state index is 13.9. The van der Waals surface area contributed by atoms with E-state index < -0.39 is 0 Å². The Hall–Kier alpha value is -2.16. The Morgan fingerprint density at radius 1 is 1.31 bits per heavy atom. The number of thiophene rings is 1. The van der Waals surface area contributed by atoms with Crippen molar-refractivity contribution >= 4 is 17.3 Å². The van der Waals surface area contributed by atoms with Crippen molar-refractivity contribution in [1.29, 1.82) is 0 Å². The van der Waals surface area contributed by atoms with E-state index in [1.165, 1.54) is 18.1 Å². The Kier molecular flexibility index (Phi) is 8.27. The molecule has 1 atom stereocenters. The summed E-state index contributed by atoms with van der Waals surface area (Å²) in [5, 5.41) is 8.84. The molecule has 1 fully saturated rings. The lowest BCUT2D eigenvalue weighted by molar-refractivity contribution is 0.0177. The van der Waals surface area contributed by atoms with Crippen LogP contribution in [0.2, 0.25) is 0 Å². The van der Waals surface area contributed by atoms with Crippen LogP contribution in [0.25, 0.3) is 0 Å². The van der Waals surface area contributed by atoms with Gasteiger partial charge in [-0.2, -0.15) is 0 Å². The van der Waals surface area contributed by atoms with Crippen molar-refractivity contribution in [2.24, 2.45) is 4.99 Å². The molecule has 0 saturated carbocycles. The minimum Gasteiger partial charge on any atom is -0.494 e. The van der Waals surface area contributed by atoms with E-state index in [4.69, 9.17) is 9.47 Å². The Labute approximate surface area is 175 Å². The molecule has 6 nitrogen and oxygen atoms in total. The van der Waals surface area contributed by atoms with Crippen molar-refractivity contribution in [2.45, 2.75) is 19.5 Å². The van der Waals surface area contributed by atoms with Gasteiger partial charge in [0, 0.05) is 31.1 Å². The fourth-order valence-electron chi connectivity index (χ4n) is 3.29. The fraction of sp³-hybridized carbons (Fsp3) is 0.476. The van der Waals surface area contributed by atoms with Crippen LogP contribution in [-0.4, -0.2) is 57.4 Å². The molecule has 8 heteroatoms. The number of rotatable bonds is 8. The molecule has 158 valence electrons. The van der Waals surface area contributed by atoms with E-state index in [0.717, 1.165) is 50.9 Å². The Morgan fingerprint density at radius 3 is 2.79 bits per heavy atom. The molecule has 0 radical (unpaired) electrons. The van der Waals surface area contributed by atoms with Gasteiger partial charge < -0.3 is 20.1 Å². The van der Waals surface area contributed by atoms with Gasteiger partial charge in [-0.25, -0.2) is 9.38 Å². The molecule has 2 aromatic rings. The average molecular weight is 421 g/mol. The summed E-state index contributed by atoms with van der Waals surface area (Å²) in [4.78, 5) is 8.40. The first-order chi connectivity index (χ1) is 14.2. The molecular formula is C21H29FN4O2S. The van der Waals surface area contributed by atoms with E-state index >= 15 is 0 Å². The van der Waals surface area contributed by atoms with E-state index in [2.05, 4.69) is 38.0 Å². The molecule has 29 heavy (non-hydrogen) atoms. The lowest BCUT2D eigenvalue weighted by Gasteiger charge is -2.34. The molecule has 1 saturated heterocycles. The van der Waals surface area contributed by atoms with Gasteiger partial charge in [-0.15, -0.1) is 11.3 Å². The van der Waals surface area contributed by atoms with Gasteiger partial charge in [0.1, 0.15) is 0 Å². The predicted octanol–water partition coefficient (Wildman–Crippen LogP) is 3.02. The third-order valence-corrected chi connectivity index (χ3v) is 5.77. The lowest BCUT2D eigenvalue weighted by Crippen LogP contribution is -2.46. The maximum atomic E-state index is 13.9. The predicted molar refractivity (Wildman–Crippen MR) is 115 cm³/mol. The summed E-state index contributed by atoms with van der Waals surface area (Å²) in [6, 6.07) is 9.46. The van der Waals surface area contributed by atoms with Crippen LogP contribution >= 0.6 is 11.3 Å². The van der Waals surface area contributed by atoms with Crippen molar-refractivity contribution in [3.63, 3.8) is 0 Å². The normalized spacial score (nSPS) is 16.4. The number of aliphatic imine (C=N–C) groups is 1. The molecule has 1 unspecified atom stereocenters. The monoisotopic (exact) mass is 420 g/mol. The molecule has 0 spiro atoms. The van der Waals surface area contributed by atoms with E-state index in [1.807, 2.05) is 13.0 Å². The van der Waals surface area contributed by atoms with Gasteiger partial charge in [0.05, 0.1) is 32.9 Å². The van der Waals surface area contributed by atoms with Crippen LogP contribution in [-0.2, 0) is 11.3 Å². The number of halogens is 1. The van der Waals surface area contributed by atoms with Gasteiger partial charge in [-0.3, -0.25) is 4.90 Å². The van der Waals surface area contributed by atoms with Gasteiger partial charge in [0.2, 0.25) is 0 Å². The number of guanidine groups is 1. The molecule has 0 amide bonds. The average Bonchev–Trinajstić information content (AvgIpc) is 3.27. The topological polar surface area (TPSA) is 58.1 Å². The van der Waals surface area contributed by atoms with Crippen molar-refractivity contribution in [1.82, 2.24) is 15.5 Å². The van der Waals surface area contributed by atoms with E-state index in [-0.39, 0.29) is 17.6 Å². The summed E-state index contributed by atoms with van der Waals surface area (Å²) in [7, 11) is 1.46. The maximum Gasteiger partial charge on any atom is 0.191 e. The number of methoxy groups -OCH3 is 1. The van der Waals surface area contributed by atoms with Crippen LogP contribution in [0, 0.1) is 5.82 Å². The highest BCUT2D eigenvalue weighted by Gasteiger charge is 2.23. The summed E-state index contributed by atoms with van der Waals surface area (Å²) < 4.78 is 24.4. The smallest absolute Gasteiger partial charge is 0.191 e. The SMILES string of the molecule is CCNC(=NCc1ccc(OC)c(F)c1)NCC(c1cccs1)N1CCOCC1. The first-order valence-electron chi connectivity index (χ1n) is 9.91. The Morgan fingerprint density at radius 2 is 2.14 bits per heavy atom. The fourth-order valence-corrected chi connectivity index (χ4v) is 4.15. The van der Waals surface area contributed by atoms with Gasteiger partial charge in [-0.1, -0.05) is 12.1 Å². The molecule has 1 aliphatic heterocycles. The highest BCUT2D eigenvalue weighted by molar-refractivity contribution is 7.10. The number of morpholine rings is 1. The third-order valence-electron chi connectivity index (χ3n) is 4.80. The molecule has 3 rings (SSSR count). The molecule has 1 aliphatic rings. The Bertz CT molecular complexity index is 779. The molecule has 1 aromatic carbocycles. The summed E-state index contributed by atoms with van der Waals surface area (Å²) in [5.74, 6) is 0.592. The number of hydrogen-bond donors (Lipinski definition) is 2. The third kappa shape index (κ3) is 6.16. The van der Waals surface area contributed by atoms with E-state index in [0.29, 0.717) is 6.54 Å². The van der Waals surface area contributed by atoms with Gasteiger partial charge in [0.25, 0.3) is 0 Å². The number of benzene rings is 1. The summed E-state index contributed by atoms with van der Waals surface area (Å²) in [6.45, 7) is 7.28. The zero-order chi connectivity index (χ0) is 20.5. The number of nitrogens with zero attached hydrogens (tertiary/aromatic N) is 2. The molecule has 0 bridgehead atoms. The number of ether oxygens (including phenoxy) is 2. The quantitative estimate of drug-likeness (QED) is 0.508. The van der Waals surface area contributed by atoms with Gasteiger partial charge in [0.15, 0.2) is 17.5 Å². The molecular weight excluding hydrogens is 391 g/mol. The molecule has 2 heterocycles. The van der Waals surface area contributed by atoms with Crippen LogP contribution < -0.4 is 15.4 Å². The zero-order valence-corrected chi connectivity index (χ0v) is 17.8. The van der Waals surface area contributed by atoms with E-state index in [9.17, 15) is 4.39 Å². The second-order valence-corrected chi connectivity index (χ2v) is 7.70. The van der Waals surface area contributed by atoms with Crippen LogP contribution in [0.15, 0.2) is 40.7 Å².